The van der Waals surface area contributed by atoms with Gasteiger partial charge in [0.05, 0.1) is 30.3 Å². The molecule has 1 N–H and O–H groups in total. The summed E-state index contributed by atoms with van der Waals surface area (Å²) in [4.78, 5) is 35.5. The van der Waals surface area contributed by atoms with Gasteiger partial charge in [-0.1, -0.05) is 18.2 Å². The molecular formula is C33H36N4O6Si. The summed E-state index contributed by atoms with van der Waals surface area (Å²) < 4.78 is 19.4. The maximum absolute atomic E-state index is 11.7. The van der Waals surface area contributed by atoms with Crippen LogP contribution in [0, 0.1) is 0 Å². The molecule has 2 aromatic carbocycles. The number of piperidine rings is 1. The molecule has 11 heteroatoms. The number of ether oxygens (including phenoxy) is 3. The first kappa shape index (κ1) is 30.0. The Morgan fingerprint density at radius 2 is 1.84 bits per heavy atom. The number of aromatic nitrogens is 3. The van der Waals surface area contributed by atoms with Gasteiger partial charge in [-0.15, -0.1) is 0 Å². The van der Waals surface area contributed by atoms with Crippen LogP contribution in [0.2, 0.25) is 0 Å². The molecule has 0 spiro atoms. The van der Waals surface area contributed by atoms with E-state index in [1.54, 1.807) is 31.4 Å². The largest absolute Gasteiger partial charge is 0.496 e. The zero-order valence-corrected chi connectivity index (χ0v) is 26.0. The van der Waals surface area contributed by atoms with Crippen LogP contribution in [-0.2, 0) is 24.1 Å². The van der Waals surface area contributed by atoms with E-state index >= 15 is 0 Å². The van der Waals surface area contributed by atoms with Crippen molar-refractivity contribution in [1.29, 1.82) is 0 Å². The van der Waals surface area contributed by atoms with Crippen LogP contribution in [0.4, 0.5) is 0 Å². The summed E-state index contributed by atoms with van der Waals surface area (Å²) in [7, 11) is 2.19. The van der Waals surface area contributed by atoms with E-state index in [9.17, 15) is 14.7 Å². The molecule has 2 fully saturated rings. The summed E-state index contributed by atoms with van der Waals surface area (Å²) in [5.41, 5.74) is 4.74. The van der Waals surface area contributed by atoms with Crippen molar-refractivity contribution in [2.45, 2.75) is 57.2 Å². The monoisotopic (exact) mass is 612 g/mol. The molecule has 44 heavy (non-hydrogen) atoms. The summed E-state index contributed by atoms with van der Waals surface area (Å²) in [5, 5.41) is 9.55. The van der Waals surface area contributed by atoms with E-state index < -0.39 is 5.97 Å². The van der Waals surface area contributed by atoms with Gasteiger partial charge in [-0.25, -0.2) is 14.8 Å². The van der Waals surface area contributed by atoms with E-state index in [1.807, 2.05) is 24.3 Å². The zero-order valence-electron chi connectivity index (χ0n) is 25.0. The average Bonchev–Trinajstić information content (AvgIpc) is 3.35. The normalized spacial score (nSPS) is 17.4. The molecule has 10 nitrogen and oxygen atoms in total. The number of pyridine rings is 1. The molecule has 0 aliphatic carbocycles. The second kappa shape index (κ2) is 13.3. The minimum absolute atomic E-state index is 0.0106. The number of likely N-dealkylation sites (tertiary alicyclic amines) is 1. The Kier molecular flexibility index (Phi) is 9.06. The molecule has 2 saturated heterocycles. The number of rotatable bonds is 12. The number of carbonyl (C=O) groups is 2. The van der Waals surface area contributed by atoms with Crippen molar-refractivity contribution < 1.29 is 28.9 Å². The molecule has 2 aromatic heterocycles. The summed E-state index contributed by atoms with van der Waals surface area (Å²) in [5.74, 6) is 1.53. The number of fused-ring (bicyclic) bond motifs is 1. The van der Waals surface area contributed by atoms with Crippen molar-refractivity contribution in [3.63, 3.8) is 0 Å². The first-order chi connectivity index (χ1) is 21.4. The molecule has 6 rings (SSSR count). The van der Waals surface area contributed by atoms with Crippen LogP contribution >= 0.6 is 0 Å². The first-order valence-electron chi connectivity index (χ1n) is 15.0. The molecule has 2 aliphatic heterocycles. The lowest BCUT2D eigenvalue weighted by Gasteiger charge is -2.32. The topological polar surface area (TPSA) is 116 Å². The van der Waals surface area contributed by atoms with E-state index in [0.717, 1.165) is 73.2 Å². The molecule has 2 radical (unpaired) electrons. The van der Waals surface area contributed by atoms with Crippen molar-refractivity contribution in [2.75, 3.05) is 26.8 Å². The Balaban J connectivity index is 1.09. The smallest absolute Gasteiger partial charge is 0.335 e. The number of nitrogens with zero attached hydrogens (tertiary/aromatic N) is 4. The fourth-order valence-electron chi connectivity index (χ4n) is 5.75. The molecular weight excluding hydrogens is 576 g/mol. The van der Waals surface area contributed by atoms with Crippen LogP contribution in [0.3, 0.4) is 0 Å². The van der Waals surface area contributed by atoms with Gasteiger partial charge in [-0.3, -0.25) is 9.69 Å². The van der Waals surface area contributed by atoms with Gasteiger partial charge in [-0.05, 0) is 69.6 Å². The molecule has 4 heterocycles. The Hall–Kier alpha value is -4.06. The van der Waals surface area contributed by atoms with Crippen LogP contribution in [0.25, 0.3) is 11.0 Å². The van der Waals surface area contributed by atoms with E-state index in [-0.39, 0.29) is 11.3 Å². The molecule has 2 aliphatic rings. The second-order valence-corrected chi connectivity index (χ2v) is 12.7. The number of carbonyl (C=O) groups excluding carboxylic acids is 1. The third-order valence-electron chi connectivity index (χ3n) is 8.44. The van der Waals surface area contributed by atoms with Gasteiger partial charge >= 0.3 is 5.97 Å². The SMILES string of the molecule is COc1cc(C(C)=O)ccc1COc1cccc(C2CCN(Cc3nc4ccc(C(=O)O)cc4n3C[Si][C@@H]3CCO3)CC2)n1. The molecule has 0 amide bonds. The Bertz CT molecular complexity index is 1660. The average molecular weight is 613 g/mol. The number of benzene rings is 2. The maximum Gasteiger partial charge on any atom is 0.335 e. The number of hydrogen-bond donors (Lipinski definition) is 1. The van der Waals surface area contributed by atoms with E-state index in [4.69, 9.17) is 24.2 Å². The summed E-state index contributed by atoms with van der Waals surface area (Å²) >= 11 is 0. The number of aromatic carboxylic acids is 1. The summed E-state index contributed by atoms with van der Waals surface area (Å²) in [6.45, 7) is 5.18. The van der Waals surface area contributed by atoms with Gasteiger partial charge in [-0.2, -0.15) is 0 Å². The maximum atomic E-state index is 11.7. The van der Waals surface area contributed by atoms with Gasteiger partial charge in [0.1, 0.15) is 27.7 Å². The number of hydrogen-bond acceptors (Lipinski definition) is 8. The Labute approximate surface area is 258 Å². The lowest BCUT2D eigenvalue weighted by molar-refractivity contribution is 0.000851. The molecule has 4 aromatic rings. The lowest BCUT2D eigenvalue weighted by Crippen LogP contribution is -2.36. The number of imidazole rings is 1. The Morgan fingerprint density at radius 3 is 2.55 bits per heavy atom. The number of carboxylic acid groups (broad SMARTS) is 1. The highest BCUT2D eigenvalue weighted by Crippen LogP contribution is 2.30. The van der Waals surface area contributed by atoms with Crippen LogP contribution in [0.15, 0.2) is 54.6 Å². The van der Waals surface area contributed by atoms with Crippen molar-refractivity contribution in [2.24, 2.45) is 0 Å². The molecule has 0 unspecified atom stereocenters. The van der Waals surface area contributed by atoms with Crippen LogP contribution in [0.1, 0.15) is 69.9 Å². The number of methoxy groups -OCH3 is 1. The van der Waals surface area contributed by atoms with Crippen molar-refractivity contribution in [1.82, 2.24) is 19.4 Å². The summed E-state index contributed by atoms with van der Waals surface area (Å²) in [6.07, 6.45) is 3.80. The standard InChI is InChI=1S/C33H36N4O6Si/c1-21(38)23-6-7-25(29(17-23)41-2)19-43-31-5-3-4-26(35-31)22-10-13-36(14-11-22)18-30-34-27-9-8-24(33(39)40)16-28(27)37(30)20-44-32-12-15-42-32/h3-9,16-17,22,32H,10-15,18-20H2,1-2H3,(H,39,40)/t32-/m1/s1. The van der Waals surface area contributed by atoms with Crippen LogP contribution in [0.5, 0.6) is 11.6 Å². The van der Waals surface area contributed by atoms with Crippen molar-refractivity contribution in [3.8, 4) is 11.6 Å². The second-order valence-electron chi connectivity index (χ2n) is 11.3. The number of ketones is 1. The van der Waals surface area contributed by atoms with Gasteiger partial charge in [0.15, 0.2) is 5.78 Å². The Morgan fingerprint density at radius 1 is 1.05 bits per heavy atom. The first-order valence-corrected chi connectivity index (χ1v) is 16.2. The highest BCUT2D eigenvalue weighted by molar-refractivity contribution is 6.36. The quantitative estimate of drug-likeness (QED) is 0.179. The highest BCUT2D eigenvalue weighted by atomic mass is 28.2. The molecule has 0 saturated carbocycles. The zero-order chi connectivity index (χ0) is 30.6. The van der Waals surface area contributed by atoms with Gasteiger partial charge in [0, 0.05) is 47.3 Å². The van der Waals surface area contributed by atoms with E-state index in [0.29, 0.717) is 51.5 Å². The van der Waals surface area contributed by atoms with Crippen LogP contribution < -0.4 is 9.47 Å². The predicted octanol–water partition coefficient (Wildman–Crippen LogP) is 4.71. The third kappa shape index (κ3) is 6.69. The van der Waals surface area contributed by atoms with Crippen LogP contribution in [-0.4, -0.2) is 78.3 Å². The van der Waals surface area contributed by atoms with Gasteiger partial charge in [0.2, 0.25) is 5.88 Å². The number of Topliss-reactive ketones (excluding diaryl/α,β-unsaturated/α-hetero) is 1. The third-order valence-corrected chi connectivity index (χ3v) is 9.84. The minimum atomic E-state index is -0.931. The molecule has 1 atom stereocenters. The van der Waals surface area contributed by atoms with Gasteiger partial charge < -0.3 is 23.9 Å². The van der Waals surface area contributed by atoms with Gasteiger partial charge in [0.25, 0.3) is 0 Å². The minimum Gasteiger partial charge on any atom is -0.496 e. The van der Waals surface area contributed by atoms with E-state index in [2.05, 4.69) is 15.5 Å². The predicted molar refractivity (Wildman–Crippen MR) is 166 cm³/mol. The van der Waals surface area contributed by atoms with Crippen molar-refractivity contribution >= 4 is 32.3 Å². The molecule has 0 bridgehead atoms. The van der Waals surface area contributed by atoms with E-state index in [1.165, 1.54) is 6.92 Å². The fraction of sp³-hybridized carbons (Fsp3) is 0.394. The highest BCUT2D eigenvalue weighted by Gasteiger charge is 2.25. The molecule has 228 valence electrons. The fourth-order valence-corrected chi connectivity index (χ4v) is 7.05. The number of carboxylic acids is 1. The summed E-state index contributed by atoms with van der Waals surface area (Å²) in [6, 6.07) is 16.5. The lowest BCUT2D eigenvalue weighted by atomic mass is 9.93. The van der Waals surface area contributed by atoms with Crippen molar-refractivity contribution in [3.05, 3.63) is 82.8 Å².